The number of hydrogen-bond acceptors (Lipinski definition) is 0. The number of fused-ring (bicyclic) bond motifs is 5. The summed E-state index contributed by atoms with van der Waals surface area (Å²) in [5.41, 5.74) is 7.27. The lowest BCUT2D eigenvalue weighted by molar-refractivity contribution is 0.665. The van der Waals surface area contributed by atoms with Gasteiger partial charge in [0.05, 0.1) is 14.5 Å². The second-order valence-corrected chi connectivity index (χ2v) is 11.0. The first kappa shape index (κ1) is 15.2. The fourth-order valence-electron chi connectivity index (χ4n) is 4.09. The largest absolute Gasteiger partial charge is 0.344 e. The van der Waals surface area contributed by atoms with Gasteiger partial charge >= 0.3 is 0 Å². The maximum atomic E-state index is 3.67. The lowest BCUT2D eigenvalue weighted by atomic mass is 9.81. The second kappa shape index (κ2) is 5.09. The van der Waals surface area contributed by atoms with Crippen molar-refractivity contribution in [2.24, 2.45) is 0 Å². The Morgan fingerprint density at radius 2 is 1.83 bits per heavy atom. The van der Waals surface area contributed by atoms with E-state index in [1.807, 2.05) is 0 Å². The molecule has 1 aliphatic carbocycles. The van der Waals surface area contributed by atoms with E-state index in [1.165, 1.54) is 33.3 Å². The van der Waals surface area contributed by atoms with Gasteiger partial charge in [0.1, 0.15) is 0 Å². The summed E-state index contributed by atoms with van der Waals surface area (Å²) in [5, 5.41) is 1.40. The highest BCUT2D eigenvalue weighted by atomic mass is 79.9. The number of hydrogen-bond donors (Lipinski definition) is 0. The molecule has 0 fully saturated rings. The van der Waals surface area contributed by atoms with Crippen molar-refractivity contribution in [3.63, 3.8) is 0 Å². The van der Waals surface area contributed by atoms with Crippen molar-refractivity contribution in [2.45, 2.75) is 38.5 Å². The molecule has 0 N–H and O–H groups in total. The van der Waals surface area contributed by atoms with E-state index in [2.05, 4.69) is 89.9 Å². The first-order valence-electron chi connectivity index (χ1n) is 8.12. The average Bonchev–Trinajstić information content (AvgIpc) is 2.92. The predicted molar refractivity (Wildman–Crippen MR) is 105 cm³/mol. The predicted octanol–water partition coefficient (Wildman–Crippen LogP) is 6.00. The molecule has 23 heavy (non-hydrogen) atoms. The highest BCUT2D eigenvalue weighted by molar-refractivity contribution is 9.10. The fraction of sp³-hybridized carbons (Fsp3) is 0.300. The summed E-state index contributed by atoms with van der Waals surface area (Å²) in [6, 6.07) is 15.7. The zero-order chi connectivity index (χ0) is 16.4. The molecule has 0 unspecified atom stereocenters. The molecule has 0 saturated carbocycles. The van der Waals surface area contributed by atoms with Crippen LogP contribution in [0.2, 0.25) is 13.1 Å². The normalized spacial score (nSPS) is 15.2. The summed E-state index contributed by atoms with van der Waals surface area (Å²) in [6.45, 7) is 9.53. The smallest absolute Gasteiger partial charge is 0.0661 e. The maximum Gasteiger partial charge on any atom is 0.0661 e. The minimum absolute atomic E-state index is 0.0601. The monoisotopic (exact) mass is 382 g/mol. The van der Waals surface area contributed by atoms with Crippen molar-refractivity contribution in [1.29, 1.82) is 0 Å². The van der Waals surface area contributed by atoms with E-state index in [4.69, 9.17) is 0 Å². The molecule has 0 spiro atoms. The fourth-order valence-corrected chi connectivity index (χ4v) is 5.41. The van der Waals surface area contributed by atoms with Crippen molar-refractivity contribution in [1.82, 2.24) is 4.57 Å². The Kier molecular flexibility index (Phi) is 3.36. The van der Waals surface area contributed by atoms with Crippen molar-refractivity contribution >= 4 is 35.6 Å². The van der Waals surface area contributed by atoms with Crippen LogP contribution in [0.5, 0.6) is 0 Å². The molecule has 1 heterocycles. The van der Waals surface area contributed by atoms with Crippen LogP contribution in [-0.4, -0.2) is 13.4 Å². The van der Waals surface area contributed by atoms with Gasteiger partial charge < -0.3 is 4.57 Å². The summed E-state index contributed by atoms with van der Waals surface area (Å²) in [7, 11) is -0.366. The van der Waals surface area contributed by atoms with Crippen LogP contribution in [-0.2, 0) is 11.6 Å². The van der Waals surface area contributed by atoms with Gasteiger partial charge in [-0.3, -0.25) is 0 Å². The number of rotatable bonds is 2. The van der Waals surface area contributed by atoms with E-state index in [0.717, 1.165) is 10.6 Å². The standard InChI is InChI=1S/C20H21BrNSi/c1-20(2)16-8-6-5-7-14(16)19-18(20)15-11-13(21)9-10-17(15)22(19)12-23(3)4/h5-11H,12H2,1-4H3. The molecule has 2 aromatic carbocycles. The molecule has 1 radical (unpaired) electrons. The molecule has 0 saturated heterocycles. The summed E-state index contributed by atoms with van der Waals surface area (Å²) in [5.74, 6) is 0. The molecule has 1 aliphatic rings. The number of halogens is 1. The first-order valence-corrected chi connectivity index (χ1v) is 11.6. The maximum absolute atomic E-state index is 3.67. The van der Waals surface area contributed by atoms with Gasteiger partial charge in [0, 0.05) is 32.5 Å². The summed E-state index contributed by atoms with van der Waals surface area (Å²) in [4.78, 5) is 0. The Balaban J connectivity index is 2.16. The Bertz CT molecular complexity index is 921. The van der Waals surface area contributed by atoms with E-state index in [1.54, 1.807) is 0 Å². The highest BCUT2D eigenvalue weighted by Gasteiger charge is 2.40. The van der Waals surface area contributed by atoms with E-state index in [-0.39, 0.29) is 14.2 Å². The van der Waals surface area contributed by atoms with E-state index in [9.17, 15) is 0 Å². The molecular formula is C20H21BrNSi. The Morgan fingerprint density at radius 3 is 2.57 bits per heavy atom. The van der Waals surface area contributed by atoms with Crippen LogP contribution in [0.3, 0.4) is 0 Å². The third-order valence-corrected chi connectivity index (χ3v) is 6.42. The van der Waals surface area contributed by atoms with Crippen LogP contribution in [0.1, 0.15) is 25.0 Å². The highest BCUT2D eigenvalue weighted by Crippen LogP contribution is 2.52. The Morgan fingerprint density at radius 1 is 1.09 bits per heavy atom. The minimum atomic E-state index is -0.366. The number of nitrogens with zero attached hydrogens (tertiary/aromatic N) is 1. The van der Waals surface area contributed by atoms with Gasteiger partial charge in [0.25, 0.3) is 0 Å². The third kappa shape index (κ3) is 2.09. The van der Waals surface area contributed by atoms with E-state index < -0.39 is 0 Å². The zero-order valence-corrected chi connectivity index (χ0v) is 16.7. The molecule has 3 heteroatoms. The lowest BCUT2D eigenvalue weighted by Gasteiger charge is -2.21. The summed E-state index contributed by atoms with van der Waals surface area (Å²) < 4.78 is 3.74. The van der Waals surface area contributed by atoms with Crippen molar-refractivity contribution in [2.75, 3.05) is 0 Å². The van der Waals surface area contributed by atoms with Crippen molar-refractivity contribution in [3.05, 3.63) is 58.1 Å². The zero-order valence-electron chi connectivity index (χ0n) is 14.1. The molecule has 1 nitrogen and oxygen atoms in total. The van der Waals surface area contributed by atoms with Gasteiger partial charge in [-0.25, -0.2) is 0 Å². The summed E-state index contributed by atoms with van der Waals surface area (Å²) in [6.07, 6.45) is 1.16. The molecule has 0 atom stereocenters. The van der Waals surface area contributed by atoms with Crippen LogP contribution >= 0.6 is 15.9 Å². The van der Waals surface area contributed by atoms with Gasteiger partial charge in [-0.2, -0.15) is 0 Å². The van der Waals surface area contributed by atoms with Crippen LogP contribution in [0.25, 0.3) is 22.2 Å². The molecule has 0 aliphatic heterocycles. The second-order valence-electron chi connectivity index (χ2n) is 7.35. The van der Waals surface area contributed by atoms with Crippen LogP contribution in [0.4, 0.5) is 0 Å². The SMILES string of the molecule is C[Si](C)Cn1c2c(c3cc(Br)ccc31)C(C)(C)c1ccccc1-2. The molecule has 0 bridgehead atoms. The first-order chi connectivity index (χ1) is 10.9. The average molecular weight is 383 g/mol. The number of aromatic nitrogens is 1. The molecular weight excluding hydrogens is 362 g/mol. The minimum Gasteiger partial charge on any atom is -0.344 e. The van der Waals surface area contributed by atoms with Gasteiger partial charge in [0.15, 0.2) is 0 Å². The van der Waals surface area contributed by atoms with E-state index in [0.29, 0.717) is 0 Å². The lowest BCUT2D eigenvalue weighted by Crippen LogP contribution is -2.14. The van der Waals surface area contributed by atoms with Crippen LogP contribution in [0.15, 0.2) is 46.9 Å². The quantitative estimate of drug-likeness (QED) is 0.478. The Labute approximate surface area is 148 Å². The van der Waals surface area contributed by atoms with Crippen molar-refractivity contribution in [3.8, 4) is 11.3 Å². The Hall–Kier alpha value is -1.32. The molecule has 3 aromatic rings. The molecule has 0 amide bonds. The van der Waals surface area contributed by atoms with Gasteiger partial charge in [-0.15, -0.1) is 0 Å². The van der Waals surface area contributed by atoms with Crippen LogP contribution in [0, 0.1) is 0 Å². The molecule has 4 rings (SSSR count). The van der Waals surface area contributed by atoms with Gasteiger partial charge in [0.2, 0.25) is 0 Å². The third-order valence-electron chi connectivity index (χ3n) is 4.98. The van der Waals surface area contributed by atoms with E-state index >= 15 is 0 Å². The van der Waals surface area contributed by atoms with Crippen LogP contribution < -0.4 is 0 Å². The van der Waals surface area contributed by atoms with Gasteiger partial charge in [-0.1, -0.05) is 67.1 Å². The topological polar surface area (TPSA) is 4.93 Å². The molecule has 117 valence electrons. The van der Waals surface area contributed by atoms with Gasteiger partial charge in [-0.05, 0) is 29.3 Å². The van der Waals surface area contributed by atoms with Crippen molar-refractivity contribution < 1.29 is 0 Å². The molecule has 1 aromatic heterocycles. The number of benzene rings is 2. The summed E-state index contributed by atoms with van der Waals surface area (Å²) >= 11 is 3.67.